The summed E-state index contributed by atoms with van der Waals surface area (Å²) in [7, 11) is 4.61. The number of methoxy groups -OCH3 is 3. The summed E-state index contributed by atoms with van der Waals surface area (Å²) in [6.07, 6.45) is 0. The summed E-state index contributed by atoms with van der Waals surface area (Å²) in [5, 5.41) is 5.47. The molecule has 0 aliphatic carbocycles. The standard InChI is InChI=1S/C18H21BrN2O5S/c1-10(21-18(23)15-5-6-16(19)27-15)17(22)20-9-11-7-13(25-3)14(26-4)8-12(11)24-2/h5-8,10H,9H2,1-4H3,(H,20,22)(H,21,23). The fraction of sp³-hybridized carbons (Fsp3) is 0.333. The first-order chi connectivity index (χ1) is 12.9. The van der Waals surface area contributed by atoms with Crippen molar-refractivity contribution in [3.8, 4) is 17.2 Å². The average molecular weight is 457 g/mol. The lowest BCUT2D eigenvalue weighted by atomic mass is 10.1. The monoisotopic (exact) mass is 456 g/mol. The van der Waals surface area contributed by atoms with Crippen molar-refractivity contribution in [3.63, 3.8) is 0 Å². The third-order valence-electron chi connectivity index (χ3n) is 3.78. The number of nitrogens with one attached hydrogen (secondary N) is 2. The molecule has 146 valence electrons. The van der Waals surface area contributed by atoms with Gasteiger partial charge in [-0.3, -0.25) is 9.59 Å². The van der Waals surface area contributed by atoms with Gasteiger partial charge in [-0.1, -0.05) is 0 Å². The number of carbonyl (C=O) groups is 2. The molecule has 0 aliphatic rings. The van der Waals surface area contributed by atoms with Gasteiger partial charge < -0.3 is 24.8 Å². The van der Waals surface area contributed by atoms with Crippen LogP contribution in [0.15, 0.2) is 28.1 Å². The molecule has 1 atom stereocenters. The van der Waals surface area contributed by atoms with Crippen LogP contribution in [0.4, 0.5) is 0 Å². The second kappa shape index (κ2) is 9.61. The molecule has 0 fully saturated rings. The highest BCUT2D eigenvalue weighted by atomic mass is 79.9. The molecule has 9 heteroatoms. The van der Waals surface area contributed by atoms with E-state index in [0.29, 0.717) is 22.1 Å². The number of hydrogen-bond donors (Lipinski definition) is 2. The van der Waals surface area contributed by atoms with Gasteiger partial charge in [0, 0.05) is 18.2 Å². The largest absolute Gasteiger partial charge is 0.496 e. The first kappa shape index (κ1) is 21.0. The van der Waals surface area contributed by atoms with Crippen LogP contribution in [0.5, 0.6) is 17.2 Å². The fourth-order valence-electron chi connectivity index (χ4n) is 2.34. The predicted octanol–water partition coefficient (Wildman–Crippen LogP) is 2.97. The van der Waals surface area contributed by atoms with Crippen molar-refractivity contribution in [2.24, 2.45) is 0 Å². The van der Waals surface area contributed by atoms with Gasteiger partial charge in [-0.2, -0.15) is 0 Å². The van der Waals surface area contributed by atoms with Crippen LogP contribution in [0, 0.1) is 0 Å². The summed E-state index contributed by atoms with van der Waals surface area (Å²) in [5.41, 5.74) is 0.726. The van der Waals surface area contributed by atoms with Crippen molar-refractivity contribution >= 4 is 39.1 Å². The van der Waals surface area contributed by atoms with Crippen molar-refractivity contribution in [1.82, 2.24) is 10.6 Å². The lowest BCUT2D eigenvalue weighted by molar-refractivity contribution is -0.122. The Bertz CT molecular complexity index is 824. The Morgan fingerprint density at radius 1 is 1.07 bits per heavy atom. The third kappa shape index (κ3) is 5.36. The molecule has 0 saturated heterocycles. The topological polar surface area (TPSA) is 85.9 Å². The Hall–Kier alpha value is -2.26. The van der Waals surface area contributed by atoms with Gasteiger partial charge in [0.15, 0.2) is 11.5 Å². The highest BCUT2D eigenvalue weighted by Gasteiger charge is 2.19. The number of benzene rings is 1. The molecule has 1 heterocycles. The van der Waals surface area contributed by atoms with Gasteiger partial charge in [-0.05, 0) is 41.1 Å². The lowest BCUT2D eigenvalue weighted by Gasteiger charge is -2.16. The first-order valence-corrected chi connectivity index (χ1v) is 9.63. The summed E-state index contributed by atoms with van der Waals surface area (Å²) in [6.45, 7) is 1.84. The van der Waals surface area contributed by atoms with E-state index in [4.69, 9.17) is 14.2 Å². The maximum Gasteiger partial charge on any atom is 0.262 e. The Balaban J connectivity index is 2.00. The molecule has 0 spiro atoms. The van der Waals surface area contributed by atoms with Gasteiger partial charge in [0.1, 0.15) is 11.8 Å². The molecular formula is C18H21BrN2O5S. The van der Waals surface area contributed by atoms with Crippen molar-refractivity contribution in [1.29, 1.82) is 0 Å². The van der Waals surface area contributed by atoms with Crippen LogP contribution >= 0.6 is 27.3 Å². The van der Waals surface area contributed by atoms with Crippen molar-refractivity contribution in [2.45, 2.75) is 19.5 Å². The van der Waals surface area contributed by atoms with E-state index < -0.39 is 6.04 Å². The van der Waals surface area contributed by atoms with E-state index in [1.807, 2.05) is 0 Å². The minimum absolute atomic E-state index is 0.215. The minimum atomic E-state index is -0.690. The third-order valence-corrected chi connectivity index (χ3v) is 5.40. The summed E-state index contributed by atoms with van der Waals surface area (Å²) < 4.78 is 16.7. The summed E-state index contributed by atoms with van der Waals surface area (Å²) >= 11 is 4.61. The van der Waals surface area contributed by atoms with Crippen molar-refractivity contribution in [3.05, 3.63) is 38.5 Å². The number of thiophene rings is 1. The number of amides is 2. The van der Waals surface area contributed by atoms with Crippen LogP contribution in [0.25, 0.3) is 0 Å². The molecule has 2 N–H and O–H groups in total. The second-order valence-corrected chi connectivity index (χ2v) is 8.00. The van der Waals surface area contributed by atoms with E-state index in [0.717, 1.165) is 9.35 Å². The Morgan fingerprint density at radius 2 is 1.70 bits per heavy atom. The number of ether oxygens (including phenoxy) is 3. The molecule has 0 saturated carbocycles. The predicted molar refractivity (Wildman–Crippen MR) is 107 cm³/mol. The number of hydrogen-bond acceptors (Lipinski definition) is 6. The highest BCUT2D eigenvalue weighted by Crippen LogP contribution is 2.34. The zero-order valence-corrected chi connectivity index (χ0v) is 17.8. The van der Waals surface area contributed by atoms with Gasteiger partial charge in [-0.25, -0.2) is 0 Å². The number of carbonyl (C=O) groups excluding carboxylic acids is 2. The van der Waals surface area contributed by atoms with Gasteiger partial charge in [0.05, 0.1) is 30.0 Å². The van der Waals surface area contributed by atoms with Crippen LogP contribution in [0.3, 0.4) is 0 Å². The van der Waals surface area contributed by atoms with Crippen LogP contribution in [-0.4, -0.2) is 39.2 Å². The normalized spacial score (nSPS) is 11.4. The van der Waals surface area contributed by atoms with E-state index in [-0.39, 0.29) is 18.4 Å². The summed E-state index contributed by atoms with van der Waals surface area (Å²) in [5.74, 6) is 1.03. The number of rotatable bonds is 8. The molecule has 1 aromatic heterocycles. The smallest absolute Gasteiger partial charge is 0.262 e. The summed E-state index contributed by atoms with van der Waals surface area (Å²) in [6, 6.07) is 6.23. The van der Waals surface area contributed by atoms with E-state index in [2.05, 4.69) is 26.6 Å². The molecule has 0 radical (unpaired) electrons. The van der Waals surface area contributed by atoms with Crippen molar-refractivity contribution in [2.75, 3.05) is 21.3 Å². The Morgan fingerprint density at radius 3 is 2.26 bits per heavy atom. The SMILES string of the molecule is COc1cc(OC)c(OC)cc1CNC(=O)C(C)NC(=O)c1ccc(Br)s1. The maximum absolute atomic E-state index is 12.3. The zero-order chi connectivity index (χ0) is 20.0. The molecule has 1 aromatic carbocycles. The molecule has 0 bridgehead atoms. The Kier molecular flexibility index (Phi) is 7.49. The van der Waals surface area contributed by atoms with E-state index in [1.165, 1.54) is 32.7 Å². The molecule has 0 aliphatic heterocycles. The summed E-state index contributed by atoms with van der Waals surface area (Å²) in [4.78, 5) is 25.0. The minimum Gasteiger partial charge on any atom is -0.496 e. The van der Waals surface area contributed by atoms with Gasteiger partial charge in [0.2, 0.25) is 5.91 Å². The molecule has 2 aromatic rings. The van der Waals surface area contributed by atoms with Gasteiger partial charge in [0.25, 0.3) is 5.91 Å². The average Bonchev–Trinajstić information content (AvgIpc) is 3.11. The number of halogens is 1. The molecular weight excluding hydrogens is 436 g/mol. The van der Waals surface area contributed by atoms with Gasteiger partial charge in [-0.15, -0.1) is 11.3 Å². The molecule has 2 amide bonds. The van der Waals surface area contributed by atoms with Crippen LogP contribution in [0.1, 0.15) is 22.2 Å². The van der Waals surface area contributed by atoms with E-state index in [1.54, 1.807) is 31.2 Å². The maximum atomic E-state index is 12.3. The zero-order valence-electron chi connectivity index (χ0n) is 15.4. The van der Waals surface area contributed by atoms with E-state index >= 15 is 0 Å². The first-order valence-electron chi connectivity index (χ1n) is 8.02. The second-order valence-electron chi connectivity index (χ2n) is 5.54. The lowest BCUT2D eigenvalue weighted by Crippen LogP contribution is -2.44. The Labute approximate surface area is 170 Å². The highest BCUT2D eigenvalue weighted by molar-refractivity contribution is 9.11. The van der Waals surface area contributed by atoms with Crippen LogP contribution < -0.4 is 24.8 Å². The molecule has 27 heavy (non-hydrogen) atoms. The molecule has 2 rings (SSSR count). The van der Waals surface area contributed by atoms with Crippen LogP contribution in [0.2, 0.25) is 0 Å². The van der Waals surface area contributed by atoms with Crippen LogP contribution in [-0.2, 0) is 11.3 Å². The quantitative estimate of drug-likeness (QED) is 0.637. The molecule has 1 unspecified atom stereocenters. The van der Waals surface area contributed by atoms with Gasteiger partial charge >= 0.3 is 0 Å². The molecule has 7 nitrogen and oxygen atoms in total. The fourth-order valence-corrected chi connectivity index (χ4v) is 3.62. The van der Waals surface area contributed by atoms with Crippen molar-refractivity contribution < 1.29 is 23.8 Å². The van der Waals surface area contributed by atoms with E-state index in [9.17, 15) is 9.59 Å².